The quantitative estimate of drug-likeness (QED) is 0.00429. The Hall–Kier alpha value is -10.5. The number of nitrogens with one attached hydrogen (secondary N) is 5. The maximum absolute atomic E-state index is 12.1. The van der Waals surface area contributed by atoms with E-state index in [1.54, 1.807) is 71.7 Å². The standard InChI is InChI=1S/C15H24N2O5.C12H14O2.C8H11NO2.C8H14O3.C8H8O.C7H10N2O2.C6H7NO.C5H7N.C5H8O4/c1-10-6-7-16-11(10)8-13(17(19)20)15(2,3)9-12(18)14(21-4)22-5;1-3-14-12(13)9-8-11-6-4-10(2)5-7-11;1-3-11-8(10)7-5-9-4-6(7)2;1-6(2)5-7(9)8(10-3)11-4;1-7-2-4-8(6-9)5-3-7;1-6-2-4-8-7(6)3-5-9(10)11;1-5-2-3-7-6(5)4-8;1-5-2-3-6-4-5;1-2-9-5(8)3-4(6)7/h6-7,13-14,16H,8-9H2,1-5H3;4-9H,3H2,1-2H3;4-5,9H,3H2,1-2H3;5,8H,1-4H3;2-6H,1H3;2,4,8H,3,5H2,1H3;2-4,7H,1H3;2-4,6H,1H3;2-3H2,1H3,(H,6,7)/b;9-8+;;;;;;;. The van der Waals surface area contributed by atoms with E-state index in [-0.39, 0.29) is 59.3 Å². The highest BCUT2D eigenvalue weighted by molar-refractivity contribution is 5.93. The number of Topliss-reactive ketones (excluding diaryl/α,β-unsaturated/α-hetero) is 1. The van der Waals surface area contributed by atoms with E-state index in [0.29, 0.717) is 30.9 Å². The number of nitrogens with zero attached hydrogens (tertiary/aromatic N) is 2. The molecule has 5 heterocycles. The maximum atomic E-state index is 12.1. The van der Waals surface area contributed by atoms with Crippen LogP contribution in [0.1, 0.15) is 148 Å². The molecule has 0 spiro atoms. The number of carbonyl (C=O) groups excluding carboxylic acids is 7. The van der Waals surface area contributed by atoms with E-state index in [2.05, 4.69) is 36.6 Å². The van der Waals surface area contributed by atoms with Crippen LogP contribution in [0.15, 0.2) is 134 Å². The number of esters is 3. The van der Waals surface area contributed by atoms with Gasteiger partial charge in [0.15, 0.2) is 12.1 Å². The number of ketones is 2. The Morgan fingerprint density at radius 1 is 0.584 bits per heavy atom. The Morgan fingerprint density at radius 3 is 1.47 bits per heavy atom. The summed E-state index contributed by atoms with van der Waals surface area (Å²) in [5, 5.41) is 29.5. The smallest absolute Gasteiger partial charge is 0.339 e. The predicted molar refractivity (Wildman–Crippen MR) is 385 cm³/mol. The van der Waals surface area contributed by atoms with Gasteiger partial charge >= 0.3 is 23.9 Å². The van der Waals surface area contributed by atoms with E-state index in [0.717, 1.165) is 62.9 Å². The SMILES string of the molecule is CCOC(=O)/C=C/c1ccc(C)cc1.CCOC(=O)CC(=O)O.CCOC(=O)c1c[nH]cc1C.COC(OC)C(=O)C=C(C)C.COC(OC)C(=O)CC(C)(C)C(Cc1[nH]ccc1C)[N+](=O)[O-].Cc1cc[nH]c1.Cc1cc[nH]c1C=O.Cc1cc[nH]c1CC[N+](=O)[O-].Cc1ccc(C=O)cc1. The average molecular weight is 1410 g/mol. The number of ether oxygens (including phenoxy) is 7. The number of hydrogen-bond donors (Lipinski definition) is 6. The lowest BCUT2D eigenvalue weighted by molar-refractivity contribution is -0.540. The molecule has 6 N–H and O–H groups in total. The van der Waals surface area contributed by atoms with Gasteiger partial charge in [0, 0.05) is 117 Å². The van der Waals surface area contributed by atoms with Gasteiger partial charge in [-0.25, -0.2) is 9.59 Å². The van der Waals surface area contributed by atoms with Gasteiger partial charge in [0.1, 0.15) is 12.7 Å². The molecule has 27 nitrogen and oxygen atoms in total. The van der Waals surface area contributed by atoms with Crippen LogP contribution < -0.4 is 0 Å². The van der Waals surface area contributed by atoms with Gasteiger partial charge in [0.25, 0.3) is 0 Å². The number of carboxylic acids is 1. The Balaban J connectivity index is 0. The van der Waals surface area contributed by atoms with E-state index in [1.807, 2.05) is 141 Å². The highest BCUT2D eigenvalue weighted by Crippen LogP contribution is 2.31. The van der Waals surface area contributed by atoms with Gasteiger partial charge in [0.2, 0.25) is 30.9 Å². The van der Waals surface area contributed by atoms with Crippen LogP contribution in [-0.4, -0.2) is 161 Å². The summed E-state index contributed by atoms with van der Waals surface area (Å²) < 4.78 is 33.2. The molecule has 0 saturated carbocycles. The summed E-state index contributed by atoms with van der Waals surface area (Å²) in [5.41, 5.74) is 12.6. The molecule has 0 fully saturated rings. The minimum Gasteiger partial charge on any atom is -0.481 e. The molecular formula is C74H103N7O20. The molecule has 1 unspecified atom stereocenters. The molecule has 2 aromatic carbocycles. The Bertz CT molecular complexity index is 3560. The molecule has 0 aliphatic rings. The van der Waals surface area contributed by atoms with Crippen molar-refractivity contribution in [3.8, 4) is 0 Å². The van der Waals surface area contributed by atoms with Crippen LogP contribution in [0.25, 0.3) is 6.08 Å². The lowest BCUT2D eigenvalue weighted by Gasteiger charge is -2.28. The third-order valence-corrected chi connectivity index (χ3v) is 13.6. The summed E-state index contributed by atoms with van der Waals surface area (Å²) in [6.45, 7) is 27.1. The Labute approximate surface area is 591 Å². The minimum atomic E-state index is -1.16. The van der Waals surface area contributed by atoms with Crippen molar-refractivity contribution in [1.29, 1.82) is 0 Å². The molecular weight excluding hydrogens is 1310 g/mol. The molecule has 1 atom stereocenters. The second-order valence-corrected chi connectivity index (χ2v) is 22.7. The molecule has 0 aliphatic carbocycles. The molecule has 27 heteroatoms. The van der Waals surface area contributed by atoms with Gasteiger partial charge in [-0.05, 0) is 153 Å². The van der Waals surface area contributed by atoms with Gasteiger partial charge in [-0.15, -0.1) is 0 Å². The number of aliphatic carboxylic acids is 1. The van der Waals surface area contributed by atoms with Gasteiger partial charge in [-0.3, -0.25) is 49.0 Å². The molecule has 0 radical (unpaired) electrons. The first-order valence-corrected chi connectivity index (χ1v) is 31.9. The van der Waals surface area contributed by atoms with Crippen LogP contribution in [0.4, 0.5) is 0 Å². The van der Waals surface area contributed by atoms with Gasteiger partial charge in [-0.2, -0.15) is 0 Å². The number of H-pyrrole nitrogens is 5. The normalized spacial score (nSPS) is 10.4. The third kappa shape index (κ3) is 42.8. The van der Waals surface area contributed by atoms with Crippen LogP contribution in [0.3, 0.4) is 0 Å². The van der Waals surface area contributed by atoms with Crippen molar-refractivity contribution in [3.05, 3.63) is 227 Å². The number of allylic oxidation sites excluding steroid dienone is 1. The molecule has 0 bridgehead atoms. The number of aldehydes is 2. The second kappa shape index (κ2) is 53.5. The van der Waals surface area contributed by atoms with Crippen LogP contribution in [0.5, 0.6) is 0 Å². The van der Waals surface area contributed by atoms with Crippen molar-refractivity contribution in [2.24, 2.45) is 5.41 Å². The number of rotatable bonds is 26. The summed E-state index contributed by atoms with van der Waals surface area (Å²) >= 11 is 0. The van der Waals surface area contributed by atoms with Crippen LogP contribution in [0.2, 0.25) is 0 Å². The van der Waals surface area contributed by atoms with E-state index >= 15 is 0 Å². The molecule has 5 aromatic heterocycles. The van der Waals surface area contributed by atoms with Crippen LogP contribution in [0, 0.1) is 74.1 Å². The van der Waals surface area contributed by atoms with Crippen LogP contribution >= 0.6 is 0 Å². The van der Waals surface area contributed by atoms with E-state index in [9.17, 15) is 58.6 Å². The number of methoxy groups -OCH3 is 4. The Kier molecular flexibility index (Phi) is 49.0. The maximum Gasteiger partial charge on any atom is 0.339 e. The summed E-state index contributed by atoms with van der Waals surface area (Å²) in [6, 6.07) is 22.2. The van der Waals surface area contributed by atoms with Crippen molar-refractivity contribution in [1.82, 2.24) is 24.9 Å². The zero-order chi connectivity index (χ0) is 77.0. The summed E-state index contributed by atoms with van der Waals surface area (Å²) in [5.74, 6) is -2.86. The van der Waals surface area contributed by atoms with Gasteiger partial charge in [0.05, 0.1) is 43.9 Å². The first kappa shape index (κ1) is 92.6. The van der Waals surface area contributed by atoms with Crippen molar-refractivity contribution in [2.45, 2.75) is 141 Å². The first-order chi connectivity index (χ1) is 47.7. The Morgan fingerprint density at radius 2 is 1.10 bits per heavy atom. The number of aromatic amines is 5. The first-order valence-electron chi connectivity index (χ1n) is 31.9. The number of aromatic nitrogens is 5. The minimum absolute atomic E-state index is 0.00134. The summed E-state index contributed by atoms with van der Waals surface area (Å²) in [7, 11) is 5.61. The number of aryl methyl sites for hydroxylation is 7. The second-order valence-electron chi connectivity index (χ2n) is 22.7. The summed E-state index contributed by atoms with van der Waals surface area (Å²) in [4.78, 5) is 121. The fraction of sp³-hybridized carbons (Fsp3) is 0.405. The van der Waals surface area contributed by atoms with E-state index in [1.165, 1.54) is 57.3 Å². The monoisotopic (exact) mass is 1410 g/mol. The largest absolute Gasteiger partial charge is 0.481 e. The topological polar surface area (TPSA) is 387 Å². The molecule has 0 aliphatic heterocycles. The van der Waals surface area contributed by atoms with Crippen LogP contribution in [-0.2, 0) is 70.0 Å². The number of carboxylic acid groups (broad SMARTS) is 1. The van der Waals surface area contributed by atoms with Crippen molar-refractivity contribution in [2.75, 3.05) is 54.8 Å². The number of hydrogen-bond acceptors (Lipinski definition) is 19. The summed E-state index contributed by atoms with van der Waals surface area (Å²) in [6.07, 6.45) is 17.4. The van der Waals surface area contributed by atoms with Gasteiger partial charge in [-0.1, -0.05) is 79.1 Å². The van der Waals surface area contributed by atoms with Crippen molar-refractivity contribution >= 4 is 54.1 Å². The van der Waals surface area contributed by atoms with E-state index < -0.39 is 42.4 Å². The zero-order valence-corrected chi connectivity index (χ0v) is 61.3. The number of carbonyl (C=O) groups is 8. The molecule has 0 saturated heterocycles. The fourth-order valence-electron chi connectivity index (χ4n) is 8.05. The molecule has 554 valence electrons. The highest BCUT2D eigenvalue weighted by atomic mass is 16.7. The van der Waals surface area contributed by atoms with Crippen molar-refractivity contribution < 1.29 is 86.5 Å². The van der Waals surface area contributed by atoms with Crippen molar-refractivity contribution in [3.63, 3.8) is 0 Å². The zero-order valence-electron chi connectivity index (χ0n) is 61.3. The lowest BCUT2D eigenvalue weighted by Crippen LogP contribution is -2.42. The highest BCUT2D eigenvalue weighted by Gasteiger charge is 2.42. The molecule has 0 amide bonds. The van der Waals surface area contributed by atoms with Gasteiger partial charge < -0.3 is 63.2 Å². The molecule has 7 rings (SSSR count). The number of benzene rings is 2. The molecule has 101 heavy (non-hydrogen) atoms. The fourth-order valence-corrected chi connectivity index (χ4v) is 8.05. The average Bonchev–Trinajstić information content (AvgIpc) is 1.72. The predicted octanol–water partition coefficient (Wildman–Crippen LogP) is 12.8. The van der Waals surface area contributed by atoms with E-state index in [4.69, 9.17) is 33.5 Å². The lowest BCUT2D eigenvalue weighted by atomic mass is 9.77. The third-order valence-electron chi connectivity index (χ3n) is 13.6. The molecule has 7 aromatic rings. The number of nitro groups is 2.